The Hall–Kier alpha value is -2.27. The highest BCUT2D eigenvalue weighted by Gasteiger charge is 2.53. The van der Waals surface area contributed by atoms with E-state index in [2.05, 4.69) is 33.0 Å². The summed E-state index contributed by atoms with van der Waals surface area (Å²) < 4.78 is 33.9. The number of ether oxygens (including phenoxy) is 1. The van der Waals surface area contributed by atoms with E-state index in [-0.39, 0.29) is 27.7 Å². The molecule has 1 aliphatic carbocycles. The zero-order chi connectivity index (χ0) is 27.5. The number of nitrogens with zero attached hydrogens (tertiary/aromatic N) is 1. The Labute approximate surface area is 229 Å². The van der Waals surface area contributed by atoms with Crippen LogP contribution < -0.4 is 10.2 Å². The number of amides is 1. The molecule has 1 aromatic heterocycles. The summed E-state index contributed by atoms with van der Waals surface area (Å²) in [6, 6.07) is 6.13. The van der Waals surface area contributed by atoms with Crippen LogP contribution in [0, 0.1) is 10.8 Å². The van der Waals surface area contributed by atoms with Crippen LogP contribution in [0.5, 0.6) is 0 Å². The Balaban J connectivity index is 1.36. The zero-order valence-corrected chi connectivity index (χ0v) is 24.5. The average molecular weight is 561 g/mol. The van der Waals surface area contributed by atoms with Crippen molar-refractivity contribution in [3.8, 4) is 0 Å². The van der Waals surface area contributed by atoms with Gasteiger partial charge in [0.1, 0.15) is 11.5 Å². The highest BCUT2D eigenvalue weighted by molar-refractivity contribution is 7.89. The second-order valence-electron chi connectivity index (χ2n) is 12.2. The summed E-state index contributed by atoms with van der Waals surface area (Å²) in [6.45, 7) is 12.0. The van der Waals surface area contributed by atoms with Crippen molar-refractivity contribution in [3.63, 3.8) is 0 Å². The molecule has 2 bridgehead atoms. The summed E-state index contributed by atoms with van der Waals surface area (Å²) in [5, 5.41) is 3.39. The van der Waals surface area contributed by atoms with Gasteiger partial charge in [0.25, 0.3) is 5.91 Å². The molecule has 3 unspecified atom stereocenters. The van der Waals surface area contributed by atoms with Gasteiger partial charge in [-0.1, -0.05) is 20.8 Å². The quantitative estimate of drug-likeness (QED) is 0.529. The van der Waals surface area contributed by atoms with Crippen LogP contribution in [0.15, 0.2) is 29.2 Å². The first-order valence-corrected chi connectivity index (χ1v) is 15.6. The maximum absolute atomic E-state index is 13.6. The van der Waals surface area contributed by atoms with Crippen molar-refractivity contribution in [1.29, 1.82) is 0 Å². The van der Waals surface area contributed by atoms with Gasteiger partial charge in [0.05, 0.1) is 35.5 Å². The van der Waals surface area contributed by atoms with Crippen molar-refractivity contribution in [2.24, 2.45) is 10.8 Å². The van der Waals surface area contributed by atoms with E-state index in [1.807, 2.05) is 0 Å². The number of fused-ring (bicyclic) bond motifs is 3. The Kier molecular flexibility index (Phi) is 6.99. The normalized spacial score (nSPS) is 26.6. The van der Waals surface area contributed by atoms with E-state index in [0.717, 1.165) is 55.8 Å². The van der Waals surface area contributed by atoms with Gasteiger partial charge in [-0.25, -0.2) is 13.2 Å². The van der Waals surface area contributed by atoms with Crippen LogP contribution in [0.1, 0.15) is 78.1 Å². The lowest BCUT2D eigenvalue weighted by atomic mass is 9.65. The summed E-state index contributed by atoms with van der Waals surface area (Å²) in [5.41, 5.74) is 1.84. The molecular formula is C28H38N3O5S2+. The van der Waals surface area contributed by atoms with E-state index in [1.165, 1.54) is 35.5 Å². The minimum Gasteiger partial charge on any atom is -0.465 e. The molecule has 2 aromatic rings. The number of thiophene rings is 1. The van der Waals surface area contributed by atoms with Gasteiger partial charge in [-0.3, -0.25) is 4.79 Å². The largest absolute Gasteiger partial charge is 0.465 e. The first kappa shape index (κ1) is 27.3. The number of hydrogen-bond acceptors (Lipinski definition) is 6. The van der Waals surface area contributed by atoms with E-state index in [0.29, 0.717) is 22.7 Å². The fourth-order valence-corrected chi connectivity index (χ4v) is 10.1. The number of rotatable bonds is 6. The number of carbonyl (C=O) groups excluding carboxylic acids is 2. The van der Waals surface area contributed by atoms with Crippen LogP contribution in [0.3, 0.4) is 0 Å². The number of sulfonamides is 1. The van der Waals surface area contributed by atoms with Crippen LogP contribution in [-0.2, 0) is 27.7 Å². The first-order valence-electron chi connectivity index (χ1n) is 13.4. The lowest BCUT2D eigenvalue weighted by Crippen LogP contribution is -3.11. The predicted octanol–water partition coefficient (Wildman–Crippen LogP) is 3.34. The number of nitrogens with one attached hydrogen (secondary N) is 2. The predicted molar refractivity (Wildman–Crippen MR) is 147 cm³/mol. The fourth-order valence-electron chi connectivity index (χ4n) is 7.02. The van der Waals surface area contributed by atoms with Crippen molar-refractivity contribution >= 4 is 38.2 Å². The zero-order valence-electron chi connectivity index (χ0n) is 22.8. The molecule has 2 fully saturated rings. The van der Waals surface area contributed by atoms with Gasteiger partial charge in [-0.2, -0.15) is 4.31 Å². The molecule has 38 heavy (non-hydrogen) atoms. The van der Waals surface area contributed by atoms with E-state index in [9.17, 15) is 18.0 Å². The smallest absolute Gasteiger partial charge is 0.341 e. The third-order valence-corrected chi connectivity index (χ3v) is 11.5. The third kappa shape index (κ3) is 4.92. The molecule has 0 radical (unpaired) electrons. The number of anilines is 1. The van der Waals surface area contributed by atoms with E-state index < -0.39 is 16.0 Å². The summed E-state index contributed by atoms with van der Waals surface area (Å²) in [7, 11) is -2.33. The van der Waals surface area contributed by atoms with Crippen LogP contribution >= 0.6 is 11.3 Å². The lowest BCUT2D eigenvalue weighted by Gasteiger charge is -2.39. The maximum Gasteiger partial charge on any atom is 0.341 e. The summed E-state index contributed by atoms with van der Waals surface area (Å²) in [5.74, 6) is -0.837. The summed E-state index contributed by atoms with van der Waals surface area (Å²) >= 11 is 1.42. The Bertz CT molecular complexity index is 1370. The van der Waals surface area contributed by atoms with Gasteiger partial charge in [0.15, 0.2) is 0 Å². The topological polar surface area (TPSA) is 97.2 Å². The molecule has 3 heterocycles. The second-order valence-corrected chi connectivity index (χ2v) is 15.2. The van der Waals surface area contributed by atoms with Gasteiger partial charge < -0.3 is 15.0 Å². The Morgan fingerprint density at radius 2 is 1.89 bits per heavy atom. The van der Waals surface area contributed by atoms with E-state index >= 15 is 0 Å². The van der Waals surface area contributed by atoms with Crippen LogP contribution in [0.25, 0.3) is 0 Å². The van der Waals surface area contributed by atoms with Crippen molar-refractivity contribution in [3.05, 3.63) is 45.8 Å². The lowest BCUT2D eigenvalue weighted by molar-refractivity contribution is -0.913. The van der Waals surface area contributed by atoms with Gasteiger partial charge in [-0.15, -0.1) is 11.3 Å². The minimum atomic E-state index is -3.67. The molecule has 3 atom stereocenters. The second kappa shape index (κ2) is 9.73. The number of benzene rings is 1. The molecule has 3 aliphatic rings. The molecule has 2 N–H and O–H groups in total. The molecular weight excluding hydrogens is 522 g/mol. The number of methoxy groups -OCH3 is 1. The first-order chi connectivity index (χ1) is 17.9. The summed E-state index contributed by atoms with van der Waals surface area (Å²) in [4.78, 5) is 28.5. The summed E-state index contributed by atoms with van der Waals surface area (Å²) in [6.07, 6.45) is 3.52. The molecule has 1 aromatic carbocycles. The monoisotopic (exact) mass is 560 g/mol. The van der Waals surface area contributed by atoms with E-state index in [1.54, 1.807) is 16.4 Å². The molecule has 5 rings (SSSR count). The molecule has 8 nitrogen and oxygen atoms in total. The maximum atomic E-state index is 13.6. The van der Waals surface area contributed by atoms with E-state index in [4.69, 9.17) is 4.74 Å². The molecule has 10 heteroatoms. The number of quaternary nitrogens is 1. The van der Waals surface area contributed by atoms with Gasteiger partial charge in [0.2, 0.25) is 10.0 Å². The van der Waals surface area contributed by atoms with Crippen LogP contribution in [0.4, 0.5) is 5.00 Å². The fraction of sp³-hybridized carbons (Fsp3) is 0.571. The van der Waals surface area contributed by atoms with Crippen LogP contribution in [-0.4, -0.2) is 57.4 Å². The average Bonchev–Trinajstić information content (AvgIpc) is 3.35. The number of carbonyl (C=O) groups is 2. The minimum absolute atomic E-state index is 0.00352. The molecule has 2 aliphatic heterocycles. The third-order valence-electron chi connectivity index (χ3n) is 8.44. The molecule has 1 saturated heterocycles. The molecule has 206 valence electrons. The van der Waals surface area contributed by atoms with Gasteiger partial charge in [0, 0.05) is 24.6 Å². The highest BCUT2D eigenvalue weighted by atomic mass is 32.2. The van der Waals surface area contributed by atoms with Crippen molar-refractivity contribution < 1.29 is 27.6 Å². The Morgan fingerprint density at radius 3 is 2.55 bits per heavy atom. The van der Waals surface area contributed by atoms with Crippen molar-refractivity contribution in [1.82, 2.24) is 4.31 Å². The SMILES string of the molecule is CC[NH+]1CCc2c(sc(NC(=O)c3ccc(S(=O)(=O)N4CC5(C)CC4CC(C)(C)C5)cc3)c2C(=O)OC)C1. The molecule has 1 amide bonds. The van der Waals surface area contributed by atoms with Crippen molar-refractivity contribution in [2.45, 2.75) is 70.9 Å². The number of esters is 1. The Morgan fingerprint density at radius 1 is 1.18 bits per heavy atom. The van der Waals surface area contributed by atoms with Crippen molar-refractivity contribution in [2.75, 3.05) is 32.1 Å². The van der Waals surface area contributed by atoms with Gasteiger partial charge in [-0.05, 0) is 66.8 Å². The van der Waals surface area contributed by atoms with Crippen LogP contribution in [0.2, 0.25) is 0 Å². The number of hydrogen-bond donors (Lipinski definition) is 2. The standard InChI is InChI=1S/C28H37N3O5S2/c1-6-30-12-11-21-22(15-30)37-25(23(21)26(33)36-5)29-24(32)18-7-9-20(10-8-18)38(34,35)31-17-28(4)14-19(31)13-27(2,3)16-28/h7-10,19H,6,11-17H2,1-5H3,(H,29,32)/p+1. The highest BCUT2D eigenvalue weighted by Crippen LogP contribution is 2.53. The number of likely N-dealkylation sites (N-methyl/N-ethyl adjacent to an activating group) is 1. The molecule has 1 saturated carbocycles. The van der Waals surface area contributed by atoms with Gasteiger partial charge >= 0.3 is 5.97 Å². The molecule has 0 spiro atoms.